The minimum absolute atomic E-state index is 0.0516. The van der Waals surface area contributed by atoms with Gasteiger partial charge in [0, 0.05) is 45.3 Å². The van der Waals surface area contributed by atoms with E-state index in [4.69, 9.17) is 0 Å². The minimum atomic E-state index is -0.429. The molecule has 21 heavy (non-hydrogen) atoms. The van der Waals surface area contributed by atoms with Crippen molar-refractivity contribution in [2.75, 3.05) is 33.2 Å². The van der Waals surface area contributed by atoms with Gasteiger partial charge in [-0.1, -0.05) is 0 Å². The normalized spacial score (nSPS) is 21.2. The van der Waals surface area contributed by atoms with Crippen molar-refractivity contribution in [3.63, 3.8) is 0 Å². The van der Waals surface area contributed by atoms with Crippen LogP contribution in [0.25, 0.3) is 0 Å². The third kappa shape index (κ3) is 3.46. The molecule has 0 spiro atoms. The SMILES string of the molecule is CC(C)NC(=O)N1CCC(N2CCN(C)C(=O)C2=O)CC1. The Balaban J connectivity index is 1.88. The number of amides is 4. The van der Waals surface area contributed by atoms with Crippen LogP contribution in [-0.4, -0.2) is 77.9 Å². The maximum Gasteiger partial charge on any atom is 0.317 e. The molecule has 2 fully saturated rings. The molecule has 2 saturated heterocycles. The summed E-state index contributed by atoms with van der Waals surface area (Å²) in [4.78, 5) is 40.6. The van der Waals surface area contributed by atoms with Crippen molar-refractivity contribution in [2.45, 2.75) is 38.8 Å². The molecule has 0 saturated carbocycles. The van der Waals surface area contributed by atoms with Crippen LogP contribution in [0.2, 0.25) is 0 Å². The molecular formula is C14H24N4O3. The van der Waals surface area contributed by atoms with E-state index >= 15 is 0 Å². The summed E-state index contributed by atoms with van der Waals surface area (Å²) in [5.74, 6) is -0.838. The zero-order valence-corrected chi connectivity index (χ0v) is 13.0. The first-order valence-electron chi connectivity index (χ1n) is 7.51. The molecule has 2 aliphatic rings. The molecule has 4 amide bonds. The summed E-state index contributed by atoms with van der Waals surface area (Å²) in [7, 11) is 1.65. The van der Waals surface area contributed by atoms with E-state index < -0.39 is 11.8 Å². The van der Waals surface area contributed by atoms with Crippen molar-refractivity contribution in [3.05, 3.63) is 0 Å². The molecule has 7 heteroatoms. The average molecular weight is 296 g/mol. The van der Waals surface area contributed by atoms with E-state index in [2.05, 4.69) is 5.32 Å². The number of rotatable bonds is 2. The summed E-state index contributed by atoms with van der Waals surface area (Å²) in [6.45, 7) is 6.27. The number of hydrogen-bond acceptors (Lipinski definition) is 3. The van der Waals surface area contributed by atoms with E-state index in [-0.39, 0.29) is 18.1 Å². The summed E-state index contributed by atoms with van der Waals surface area (Å²) in [5.41, 5.74) is 0. The molecule has 0 aromatic carbocycles. The van der Waals surface area contributed by atoms with E-state index in [1.54, 1.807) is 16.8 Å². The van der Waals surface area contributed by atoms with Gasteiger partial charge in [0.05, 0.1) is 0 Å². The number of likely N-dealkylation sites (N-methyl/N-ethyl adjacent to an activating group) is 1. The van der Waals surface area contributed by atoms with Crippen LogP contribution in [0.3, 0.4) is 0 Å². The fourth-order valence-corrected chi connectivity index (χ4v) is 2.81. The van der Waals surface area contributed by atoms with Gasteiger partial charge in [0.25, 0.3) is 0 Å². The summed E-state index contributed by atoms with van der Waals surface area (Å²) in [6.07, 6.45) is 1.46. The van der Waals surface area contributed by atoms with Crippen molar-refractivity contribution >= 4 is 17.8 Å². The lowest BCUT2D eigenvalue weighted by Gasteiger charge is -2.41. The van der Waals surface area contributed by atoms with Crippen LogP contribution < -0.4 is 5.32 Å². The van der Waals surface area contributed by atoms with Gasteiger partial charge in [-0.2, -0.15) is 0 Å². The second-order valence-electron chi connectivity index (χ2n) is 6.05. The Hall–Kier alpha value is -1.79. The zero-order valence-electron chi connectivity index (χ0n) is 13.0. The van der Waals surface area contributed by atoms with Gasteiger partial charge in [0.15, 0.2) is 0 Å². The van der Waals surface area contributed by atoms with E-state index in [0.717, 1.165) is 12.8 Å². The van der Waals surface area contributed by atoms with Gasteiger partial charge in [-0.3, -0.25) is 9.59 Å². The van der Waals surface area contributed by atoms with E-state index in [9.17, 15) is 14.4 Å². The highest BCUT2D eigenvalue weighted by atomic mass is 16.2. The Morgan fingerprint density at radius 1 is 1.10 bits per heavy atom. The van der Waals surface area contributed by atoms with Crippen LogP contribution in [-0.2, 0) is 9.59 Å². The van der Waals surface area contributed by atoms with Crippen molar-refractivity contribution < 1.29 is 14.4 Å². The largest absolute Gasteiger partial charge is 0.336 e. The summed E-state index contributed by atoms with van der Waals surface area (Å²) in [5, 5.41) is 2.87. The lowest BCUT2D eigenvalue weighted by molar-refractivity contribution is -0.157. The molecule has 118 valence electrons. The first-order chi connectivity index (χ1) is 9.90. The maximum atomic E-state index is 12.0. The van der Waals surface area contributed by atoms with Gasteiger partial charge in [-0.25, -0.2) is 4.79 Å². The molecule has 0 aromatic rings. The fraction of sp³-hybridized carbons (Fsp3) is 0.786. The van der Waals surface area contributed by atoms with E-state index in [1.807, 2.05) is 13.8 Å². The molecule has 2 heterocycles. The molecule has 0 aromatic heterocycles. The molecule has 7 nitrogen and oxygen atoms in total. The highest BCUT2D eigenvalue weighted by Crippen LogP contribution is 2.19. The number of piperidine rings is 1. The number of urea groups is 1. The number of hydrogen-bond donors (Lipinski definition) is 1. The summed E-state index contributed by atoms with van der Waals surface area (Å²) >= 11 is 0. The lowest BCUT2D eigenvalue weighted by atomic mass is 10.0. The Morgan fingerprint density at radius 3 is 2.29 bits per heavy atom. The lowest BCUT2D eigenvalue weighted by Crippen LogP contribution is -2.58. The number of piperazine rings is 1. The molecule has 1 N–H and O–H groups in total. The number of nitrogens with zero attached hydrogens (tertiary/aromatic N) is 3. The topological polar surface area (TPSA) is 73.0 Å². The second kappa shape index (κ2) is 6.32. The standard InChI is InChI=1S/C14H24N4O3/c1-10(2)15-14(21)17-6-4-11(5-7-17)18-9-8-16(3)12(19)13(18)20/h10-11H,4-9H2,1-3H3,(H,15,21). The quantitative estimate of drug-likeness (QED) is 0.721. The van der Waals surface area contributed by atoms with Gasteiger partial charge in [0.1, 0.15) is 0 Å². The Labute approximate surface area is 125 Å². The third-order valence-corrected chi connectivity index (χ3v) is 4.07. The zero-order chi connectivity index (χ0) is 15.6. The average Bonchev–Trinajstić information content (AvgIpc) is 2.44. The molecule has 0 atom stereocenters. The van der Waals surface area contributed by atoms with Crippen molar-refractivity contribution in [1.82, 2.24) is 20.0 Å². The van der Waals surface area contributed by atoms with Gasteiger partial charge in [-0.15, -0.1) is 0 Å². The number of carbonyl (C=O) groups is 3. The van der Waals surface area contributed by atoms with Gasteiger partial charge in [0.2, 0.25) is 0 Å². The maximum absolute atomic E-state index is 12.0. The third-order valence-electron chi connectivity index (χ3n) is 4.07. The Bertz CT molecular complexity index is 430. The molecular weight excluding hydrogens is 272 g/mol. The molecule has 0 unspecified atom stereocenters. The van der Waals surface area contributed by atoms with Crippen LogP contribution in [0.4, 0.5) is 4.79 Å². The first kappa shape index (κ1) is 15.6. The Kier molecular flexibility index (Phi) is 4.69. The van der Waals surface area contributed by atoms with Crippen LogP contribution >= 0.6 is 0 Å². The van der Waals surface area contributed by atoms with Crippen LogP contribution in [0.1, 0.15) is 26.7 Å². The van der Waals surface area contributed by atoms with Crippen molar-refractivity contribution in [3.8, 4) is 0 Å². The van der Waals surface area contributed by atoms with E-state index in [1.165, 1.54) is 4.90 Å². The monoisotopic (exact) mass is 296 g/mol. The molecule has 0 radical (unpaired) electrons. The van der Waals surface area contributed by atoms with Gasteiger partial charge >= 0.3 is 17.8 Å². The molecule has 0 bridgehead atoms. The predicted molar refractivity (Wildman–Crippen MR) is 77.6 cm³/mol. The summed E-state index contributed by atoms with van der Waals surface area (Å²) < 4.78 is 0. The molecule has 2 aliphatic heterocycles. The van der Waals surface area contributed by atoms with Crippen molar-refractivity contribution in [1.29, 1.82) is 0 Å². The van der Waals surface area contributed by atoms with Gasteiger partial charge < -0.3 is 20.0 Å². The minimum Gasteiger partial charge on any atom is -0.336 e. The number of carbonyl (C=O) groups excluding carboxylic acids is 3. The first-order valence-corrected chi connectivity index (χ1v) is 7.51. The molecule has 0 aliphatic carbocycles. The van der Waals surface area contributed by atoms with Crippen molar-refractivity contribution in [2.24, 2.45) is 0 Å². The summed E-state index contributed by atoms with van der Waals surface area (Å²) in [6, 6.07) is 0.134. The van der Waals surface area contributed by atoms with E-state index in [0.29, 0.717) is 26.2 Å². The fourth-order valence-electron chi connectivity index (χ4n) is 2.81. The van der Waals surface area contributed by atoms with Crippen LogP contribution in [0.5, 0.6) is 0 Å². The molecule has 2 rings (SSSR count). The highest BCUT2D eigenvalue weighted by Gasteiger charge is 2.36. The number of likely N-dealkylation sites (tertiary alicyclic amines) is 1. The smallest absolute Gasteiger partial charge is 0.317 e. The second-order valence-corrected chi connectivity index (χ2v) is 6.05. The van der Waals surface area contributed by atoms with Crippen LogP contribution in [0, 0.1) is 0 Å². The highest BCUT2D eigenvalue weighted by molar-refractivity contribution is 6.35. The predicted octanol–water partition coefficient (Wildman–Crippen LogP) is -0.131. The van der Waals surface area contributed by atoms with Crippen LogP contribution in [0.15, 0.2) is 0 Å². The van der Waals surface area contributed by atoms with Gasteiger partial charge in [-0.05, 0) is 26.7 Å². The Morgan fingerprint density at radius 2 is 1.71 bits per heavy atom. The number of nitrogens with one attached hydrogen (secondary N) is 1.